The summed E-state index contributed by atoms with van der Waals surface area (Å²) in [7, 11) is 1.70. The molecule has 2 aromatic heterocycles. The predicted octanol–water partition coefficient (Wildman–Crippen LogP) is 1.60. The third-order valence-electron chi connectivity index (χ3n) is 2.03. The molecule has 5 heteroatoms. The van der Waals surface area contributed by atoms with E-state index in [0.717, 1.165) is 4.47 Å². The van der Waals surface area contributed by atoms with E-state index in [-0.39, 0.29) is 5.56 Å². The minimum atomic E-state index is -0.0704. The van der Waals surface area contributed by atoms with Crippen molar-refractivity contribution in [2.24, 2.45) is 7.05 Å². The zero-order chi connectivity index (χ0) is 10.8. The molecule has 0 aromatic carbocycles. The van der Waals surface area contributed by atoms with Crippen LogP contribution in [0.15, 0.2) is 39.9 Å². The minimum Gasteiger partial charge on any atom is -0.309 e. The Kier molecular flexibility index (Phi) is 2.64. The van der Waals surface area contributed by atoms with Gasteiger partial charge in [0.15, 0.2) is 5.82 Å². The van der Waals surface area contributed by atoms with Gasteiger partial charge in [0.25, 0.3) is 5.56 Å². The van der Waals surface area contributed by atoms with Crippen LogP contribution < -0.4 is 5.56 Å². The molecule has 0 unspecified atom stereocenters. The van der Waals surface area contributed by atoms with Gasteiger partial charge in [-0.3, -0.25) is 4.79 Å². The van der Waals surface area contributed by atoms with Gasteiger partial charge in [0, 0.05) is 25.5 Å². The first-order valence-corrected chi connectivity index (χ1v) is 5.12. The Morgan fingerprint density at radius 1 is 1.27 bits per heavy atom. The fourth-order valence-electron chi connectivity index (χ4n) is 1.23. The Balaban J connectivity index is 2.59. The summed E-state index contributed by atoms with van der Waals surface area (Å²) < 4.78 is 2.33. The average molecular weight is 266 g/mol. The number of rotatable bonds is 1. The number of pyridine rings is 1. The third-order valence-corrected chi connectivity index (χ3v) is 2.44. The highest BCUT2D eigenvalue weighted by Gasteiger charge is 2.04. The van der Waals surface area contributed by atoms with E-state index in [1.54, 1.807) is 25.5 Å². The maximum Gasteiger partial charge on any atom is 0.250 e. The predicted molar refractivity (Wildman–Crippen MR) is 60.4 cm³/mol. The molecule has 76 valence electrons. The molecule has 0 fully saturated rings. The Labute approximate surface area is 94.8 Å². The molecule has 2 aromatic rings. The lowest BCUT2D eigenvalue weighted by Crippen LogP contribution is -2.17. The second-order valence-corrected chi connectivity index (χ2v) is 3.95. The molecule has 0 aliphatic rings. The summed E-state index contributed by atoms with van der Waals surface area (Å²) in [6.45, 7) is 0. The van der Waals surface area contributed by atoms with Gasteiger partial charge in [-0.1, -0.05) is 6.07 Å². The second-order valence-electron chi connectivity index (χ2n) is 3.03. The molecule has 2 rings (SSSR count). The van der Waals surface area contributed by atoms with Crippen LogP contribution in [-0.2, 0) is 7.05 Å². The lowest BCUT2D eigenvalue weighted by molar-refractivity contribution is 0.858. The van der Waals surface area contributed by atoms with E-state index in [1.807, 2.05) is 6.07 Å². The summed E-state index contributed by atoms with van der Waals surface area (Å²) in [6.07, 6.45) is 3.31. The zero-order valence-corrected chi connectivity index (χ0v) is 9.60. The van der Waals surface area contributed by atoms with Crippen LogP contribution in [0.1, 0.15) is 0 Å². The van der Waals surface area contributed by atoms with Gasteiger partial charge in [-0.05, 0) is 22.0 Å². The van der Waals surface area contributed by atoms with Gasteiger partial charge in [0.1, 0.15) is 0 Å². The van der Waals surface area contributed by atoms with Crippen molar-refractivity contribution >= 4 is 15.9 Å². The first kappa shape index (κ1) is 10.0. The van der Waals surface area contributed by atoms with Gasteiger partial charge >= 0.3 is 0 Å². The van der Waals surface area contributed by atoms with E-state index in [4.69, 9.17) is 0 Å². The van der Waals surface area contributed by atoms with Crippen LogP contribution in [0.3, 0.4) is 0 Å². The van der Waals surface area contributed by atoms with Crippen molar-refractivity contribution in [1.82, 2.24) is 14.5 Å². The minimum absolute atomic E-state index is 0.0704. The number of hydrogen-bond acceptors (Lipinski definition) is 3. The van der Waals surface area contributed by atoms with E-state index in [1.165, 1.54) is 10.6 Å². The first-order valence-electron chi connectivity index (χ1n) is 4.32. The fourth-order valence-corrected chi connectivity index (χ4v) is 1.44. The SMILES string of the molecule is Cn1c(-c2ncc(Br)cn2)cccc1=O. The van der Waals surface area contributed by atoms with Gasteiger partial charge in [-0.15, -0.1) is 0 Å². The molecule has 0 aliphatic heterocycles. The van der Waals surface area contributed by atoms with Crippen LogP contribution in [0.5, 0.6) is 0 Å². The number of aromatic nitrogens is 3. The Morgan fingerprint density at radius 3 is 2.60 bits per heavy atom. The van der Waals surface area contributed by atoms with Crippen LogP contribution >= 0.6 is 15.9 Å². The fraction of sp³-hybridized carbons (Fsp3) is 0.100. The van der Waals surface area contributed by atoms with Gasteiger partial charge in [0.05, 0.1) is 10.2 Å². The first-order chi connectivity index (χ1) is 7.18. The molecule has 0 radical (unpaired) electrons. The highest BCUT2D eigenvalue weighted by Crippen LogP contribution is 2.13. The molecule has 15 heavy (non-hydrogen) atoms. The lowest BCUT2D eigenvalue weighted by atomic mass is 10.3. The maximum atomic E-state index is 11.4. The third kappa shape index (κ3) is 1.97. The van der Waals surface area contributed by atoms with Crippen LogP contribution in [0.2, 0.25) is 0 Å². The van der Waals surface area contributed by atoms with Gasteiger partial charge in [0.2, 0.25) is 0 Å². The normalized spacial score (nSPS) is 10.3. The molecule has 0 spiro atoms. The number of nitrogens with zero attached hydrogens (tertiary/aromatic N) is 3. The standard InChI is InChI=1S/C10H8BrN3O/c1-14-8(3-2-4-9(14)15)10-12-5-7(11)6-13-10/h2-6H,1H3. The van der Waals surface area contributed by atoms with Crippen molar-refractivity contribution in [2.75, 3.05) is 0 Å². The molecule has 0 saturated carbocycles. The Morgan fingerprint density at radius 2 is 1.93 bits per heavy atom. The maximum absolute atomic E-state index is 11.4. The summed E-state index contributed by atoms with van der Waals surface area (Å²) in [5.74, 6) is 0.540. The molecule has 0 N–H and O–H groups in total. The van der Waals surface area contributed by atoms with Crippen LogP contribution in [0.4, 0.5) is 0 Å². The molecular weight excluding hydrogens is 258 g/mol. The summed E-state index contributed by atoms with van der Waals surface area (Å²) in [6, 6.07) is 5.01. The smallest absolute Gasteiger partial charge is 0.250 e. The van der Waals surface area contributed by atoms with Crippen LogP contribution in [0.25, 0.3) is 11.5 Å². The Bertz CT molecular complexity index is 533. The molecular formula is C10H8BrN3O. The molecule has 0 bridgehead atoms. The number of hydrogen-bond donors (Lipinski definition) is 0. The topological polar surface area (TPSA) is 47.8 Å². The molecule has 4 nitrogen and oxygen atoms in total. The van der Waals surface area contributed by atoms with E-state index >= 15 is 0 Å². The highest BCUT2D eigenvalue weighted by molar-refractivity contribution is 9.10. The van der Waals surface area contributed by atoms with Crippen molar-refractivity contribution in [3.8, 4) is 11.5 Å². The van der Waals surface area contributed by atoms with Crippen LogP contribution in [-0.4, -0.2) is 14.5 Å². The van der Waals surface area contributed by atoms with E-state index < -0.39 is 0 Å². The quantitative estimate of drug-likeness (QED) is 0.787. The molecule has 0 saturated heterocycles. The summed E-state index contributed by atoms with van der Waals surface area (Å²) in [5, 5.41) is 0. The van der Waals surface area contributed by atoms with E-state index in [0.29, 0.717) is 11.5 Å². The molecule has 0 atom stereocenters. The van der Waals surface area contributed by atoms with Gasteiger partial charge in [-0.2, -0.15) is 0 Å². The summed E-state index contributed by atoms with van der Waals surface area (Å²) in [5.41, 5.74) is 0.633. The van der Waals surface area contributed by atoms with Crippen molar-refractivity contribution in [3.05, 3.63) is 45.4 Å². The van der Waals surface area contributed by atoms with E-state index in [2.05, 4.69) is 25.9 Å². The summed E-state index contributed by atoms with van der Waals surface area (Å²) >= 11 is 3.26. The van der Waals surface area contributed by atoms with Crippen molar-refractivity contribution in [1.29, 1.82) is 0 Å². The zero-order valence-electron chi connectivity index (χ0n) is 8.01. The van der Waals surface area contributed by atoms with E-state index in [9.17, 15) is 4.79 Å². The van der Waals surface area contributed by atoms with Gasteiger partial charge in [-0.25, -0.2) is 9.97 Å². The molecule has 0 amide bonds. The van der Waals surface area contributed by atoms with Crippen molar-refractivity contribution in [2.45, 2.75) is 0 Å². The molecule has 2 heterocycles. The lowest BCUT2D eigenvalue weighted by Gasteiger charge is -2.05. The highest BCUT2D eigenvalue weighted by atomic mass is 79.9. The summed E-state index contributed by atoms with van der Waals surface area (Å²) in [4.78, 5) is 19.6. The Hall–Kier alpha value is -1.49. The largest absolute Gasteiger partial charge is 0.309 e. The second kappa shape index (κ2) is 3.94. The van der Waals surface area contributed by atoms with Crippen LogP contribution in [0, 0.1) is 0 Å². The average Bonchev–Trinajstić information content (AvgIpc) is 2.24. The monoisotopic (exact) mass is 265 g/mol. The van der Waals surface area contributed by atoms with Crippen molar-refractivity contribution in [3.63, 3.8) is 0 Å². The van der Waals surface area contributed by atoms with Crippen molar-refractivity contribution < 1.29 is 0 Å². The number of halogens is 1. The molecule has 0 aliphatic carbocycles. The van der Waals surface area contributed by atoms with Gasteiger partial charge < -0.3 is 4.57 Å².